The maximum atomic E-state index is 11.7. The summed E-state index contributed by atoms with van der Waals surface area (Å²) in [6, 6.07) is 15.4. The first-order chi connectivity index (χ1) is 10.9. The van der Waals surface area contributed by atoms with Crippen molar-refractivity contribution in [3.8, 4) is 6.07 Å². The number of hydrogen-bond donors (Lipinski definition) is 0. The van der Waals surface area contributed by atoms with Crippen LogP contribution in [-0.2, 0) is 9.84 Å². The van der Waals surface area contributed by atoms with E-state index in [0.29, 0.717) is 4.88 Å². The standard InChI is InChI=1S/C17H13NO2S3/c1-11-3-5-12(6-4-11)21-17-14-8-7-13(23(2,19)20)9-15(14)22-16(17)10-18/h3-9H,1-2H3. The first kappa shape index (κ1) is 16.1. The van der Waals surface area contributed by atoms with Crippen molar-refractivity contribution in [1.82, 2.24) is 0 Å². The molecular formula is C17H13NO2S3. The van der Waals surface area contributed by atoms with Crippen molar-refractivity contribution in [1.29, 1.82) is 5.26 Å². The first-order valence-corrected chi connectivity index (χ1v) is 10.3. The number of rotatable bonds is 3. The van der Waals surface area contributed by atoms with Crippen LogP contribution in [0.1, 0.15) is 10.4 Å². The van der Waals surface area contributed by atoms with E-state index in [-0.39, 0.29) is 4.90 Å². The van der Waals surface area contributed by atoms with Gasteiger partial charge in [0.1, 0.15) is 10.9 Å². The second-order valence-corrected chi connectivity index (χ2v) is 9.37. The average molecular weight is 359 g/mol. The van der Waals surface area contributed by atoms with E-state index in [4.69, 9.17) is 0 Å². The van der Waals surface area contributed by atoms with Gasteiger partial charge in [-0.3, -0.25) is 0 Å². The van der Waals surface area contributed by atoms with Crippen LogP contribution in [0.15, 0.2) is 57.2 Å². The fourth-order valence-corrected chi connectivity index (χ4v) is 5.09. The van der Waals surface area contributed by atoms with Crippen molar-refractivity contribution in [2.45, 2.75) is 21.6 Å². The minimum atomic E-state index is -3.25. The lowest BCUT2D eigenvalue weighted by Crippen LogP contribution is -1.95. The molecule has 0 saturated heterocycles. The van der Waals surface area contributed by atoms with Crippen molar-refractivity contribution in [3.05, 3.63) is 52.9 Å². The summed E-state index contributed by atoms with van der Waals surface area (Å²) in [7, 11) is -3.25. The van der Waals surface area contributed by atoms with Gasteiger partial charge < -0.3 is 0 Å². The van der Waals surface area contributed by atoms with Crippen molar-refractivity contribution in [2.75, 3.05) is 6.26 Å². The summed E-state index contributed by atoms with van der Waals surface area (Å²) in [6.45, 7) is 2.03. The highest BCUT2D eigenvalue weighted by atomic mass is 32.2. The van der Waals surface area contributed by atoms with Crippen molar-refractivity contribution >= 4 is 43.0 Å². The Morgan fingerprint density at radius 3 is 2.43 bits per heavy atom. The average Bonchev–Trinajstić information content (AvgIpc) is 2.86. The third-order valence-electron chi connectivity index (χ3n) is 3.39. The lowest BCUT2D eigenvalue weighted by Gasteiger charge is -2.03. The molecule has 0 N–H and O–H groups in total. The van der Waals surface area contributed by atoms with E-state index in [0.717, 1.165) is 19.9 Å². The van der Waals surface area contributed by atoms with Gasteiger partial charge >= 0.3 is 0 Å². The third-order valence-corrected chi connectivity index (χ3v) is 6.82. The van der Waals surface area contributed by atoms with Crippen LogP contribution in [0.2, 0.25) is 0 Å². The number of hydrogen-bond acceptors (Lipinski definition) is 5. The zero-order chi connectivity index (χ0) is 16.6. The SMILES string of the molecule is Cc1ccc(Sc2c(C#N)sc3cc(S(C)(=O)=O)ccc23)cc1. The fourth-order valence-electron chi connectivity index (χ4n) is 2.18. The molecule has 6 heteroatoms. The number of aryl methyl sites for hydroxylation is 1. The highest BCUT2D eigenvalue weighted by Crippen LogP contribution is 2.41. The molecule has 0 radical (unpaired) electrons. The van der Waals surface area contributed by atoms with Gasteiger partial charge in [-0.2, -0.15) is 5.26 Å². The molecule has 23 heavy (non-hydrogen) atoms. The van der Waals surface area contributed by atoms with E-state index in [1.807, 2.05) is 31.2 Å². The predicted molar refractivity (Wildman–Crippen MR) is 95.0 cm³/mol. The predicted octanol–water partition coefficient (Wildman–Crippen LogP) is 4.64. The molecule has 0 saturated carbocycles. The van der Waals surface area contributed by atoms with Gasteiger partial charge in [0.25, 0.3) is 0 Å². The Bertz CT molecular complexity index is 1030. The molecular weight excluding hydrogens is 346 g/mol. The van der Waals surface area contributed by atoms with Gasteiger partial charge in [-0.25, -0.2) is 8.42 Å². The van der Waals surface area contributed by atoms with Crippen LogP contribution in [0, 0.1) is 18.3 Å². The number of fused-ring (bicyclic) bond motifs is 1. The quantitative estimate of drug-likeness (QED) is 0.684. The molecule has 116 valence electrons. The van der Waals surface area contributed by atoms with Crippen molar-refractivity contribution in [3.63, 3.8) is 0 Å². The monoisotopic (exact) mass is 359 g/mol. The fraction of sp³-hybridized carbons (Fsp3) is 0.118. The number of sulfone groups is 1. The zero-order valence-corrected chi connectivity index (χ0v) is 15.0. The molecule has 0 amide bonds. The van der Waals surface area contributed by atoms with Crippen LogP contribution in [0.4, 0.5) is 0 Å². The Hall–Kier alpha value is -1.81. The second kappa shape index (κ2) is 6.00. The number of nitriles is 1. The molecule has 0 aliphatic carbocycles. The van der Waals surface area contributed by atoms with Crippen LogP contribution in [0.25, 0.3) is 10.1 Å². The lowest BCUT2D eigenvalue weighted by molar-refractivity contribution is 0.602. The minimum Gasteiger partial charge on any atom is -0.224 e. The summed E-state index contributed by atoms with van der Waals surface area (Å²) in [5, 5.41) is 10.3. The van der Waals surface area contributed by atoms with Crippen LogP contribution in [-0.4, -0.2) is 14.7 Å². The molecule has 3 nitrogen and oxygen atoms in total. The van der Waals surface area contributed by atoms with Gasteiger partial charge in [0, 0.05) is 26.1 Å². The molecule has 3 rings (SSSR count). The Labute approximate surface area is 143 Å². The van der Waals surface area contributed by atoms with E-state index < -0.39 is 9.84 Å². The van der Waals surface area contributed by atoms with Gasteiger partial charge in [0.15, 0.2) is 9.84 Å². The maximum absolute atomic E-state index is 11.7. The van der Waals surface area contributed by atoms with Crippen LogP contribution in [0.3, 0.4) is 0 Å². The zero-order valence-electron chi connectivity index (χ0n) is 12.5. The summed E-state index contributed by atoms with van der Waals surface area (Å²) in [5.41, 5.74) is 1.18. The summed E-state index contributed by atoms with van der Waals surface area (Å²) in [6.07, 6.45) is 1.19. The van der Waals surface area contributed by atoms with E-state index in [2.05, 4.69) is 6.07 Å². The summed E-state index contributed by atoms with van der Waals surface area (Å²) < 4.78 is 24.2. The Morgan fingerprint density at radius 1 is 1.13 bits per heavy atom. The lowest BCUT2D eigenvalue weighted by atomic mass is 10.2. The number of benzene rings is 2. The summed E-state index contributed by atoms with van der Waals surface area (Å²) in [4.78, 5) is 2.83. The highest BCUT2D eigenvalue weighted by Gasteiger charge is 2.16. The molecule has 0 aliphatic heterocycles. The summed E-state index contributed by atoms with van der Waals surface area (Å²) in [5.74, 6) is 0. The third kappa shape index (κ3) is 3.27. The Kier molecular flexibility index (Phi) is 4.19. The molecule has 0 aliphatic rings. The topological polar surface area (TPSA) is 57.9 Å². The summed E-state index contributed by atoms with van der Waals surface area (Å²) >= 11 is 2.87. The Balaban J connectivity index is 2.12. The highest BCUT2D eigenvalue weighted by molar-refractivity contribution is 7.99. The smallest absolute Gasteiger partial charge is 0.175 e. The second-order valence-electron chi connectivity index (χ2n) is 5.22. The van der Waals surface area contributed by atoms with Crippen LogP contribution in [0.5, 0.6) is 0 Å². The van der Waals surface area contributed by atoms with Gasteiger partial charge in [-0.1, -0.05) is 35.5 Å². The molecule has 0 spiro atoms. The van der Waals surface area contributed by atoms with Crippen molar-refractivity contribution < 1.29 is 8.42 Å². The Morgan fingerprint density at radius 2 is 1.83 bits per heavy atom. The van der Waals surface area contributed by atoms with Crippen molar-refractivity contribution in [2.24, 2.45) is 0 Å². The minimum absolute atomic E-state index is 0.280. The molecule has 0 fully saturated rings. The molecule has 0 atom stereocenters. The van der Waals surface area contributed by atoms with Crippen LogP contribution >= 0.6 is 23.1 Å². The normalized spacial score (nSPS) is 11.5. The van der Waals surface area contributed by atoms with E-state index in [1.165, 1.54) is 34.9 Å². The molecule has 2 aromatic carbocycles. The van der Waals surface area contributed by atoms with E-state index in [1.54, 1.807) is 18.2 Å². The largest absolute Gasteiger partial charge is 0.224 e. The number of nitrogens with zero attached hydrogens (tertiary/aromatic N) is 1. The molecule has 1 heterocycles. The molecule has 3 aromatic rings. The van der Waals surface area contributed by atoms with Crippen LogP contribution < -0.4 is 0 Å². The van der Waals surface area contributed by atoms with Gasteiger partial charge in [0.2, 0.25) is 0 Å². The number of thiophene rings is 1. The van der Waals surface area contributed by atoms with Gasteiger partial charge in [0.05, 0.1) is 4.90 Å². The maximum Gasteiger partial charge on any atom is 0.175 e. The molecule has 0 unspecified atom stereocenters. The van der Waals surface area contributed by atoms with Gasteiger partial charge in [-0.15, -0.1) is 11.3 Å². The first-order valence-electron chi connectivity index (χ1n) is 6.80. The van der Waals surface area contributed by atoms with Gasteiger partial charge in [-0.05, 0) is 31.2 Å². The molecule has 1 aromatic heterocycles. The molecule has 0 bridgehead atoms. The van der Waals surface area contributed by atoms with E-state index in [9.17, 15) is 13.7 Å². The van der Waals surface area contributed by atoms with E-state index >= 15 is 0 Å².